The normalized spacial score (nSPS) is 12.7. The molecule has 0 saturated heterocycles. The Bertz CT molecular complexity index is 902. The van der Waals surface area contributed by atoms with Crippen LogP contribution in [-0.2, 0) is 14.8 Å². The van der Waals surface area contributed by atoms with Crippen LogP contribution in [-0.4, -0.2) is 26.9 Å². The van der Waals surface area contributed by atoms with E-state index in [1.807, 2.05) is 20.8 Å². The molecule has 0 heterocycles. The molecule has 1 amide bonds. The lowest BCUT2D eigenvalue weighted by Gasteiger charge is -2.26. The monoisotopic (exact) mass is 428 g/mol. The summed E-state index contributed by atoms with van der Waals surface area (Å²) in [7, 11) is -4.02. The SMILES string of the molecule is CC(C)C(C)NC(=O)CN(c1cc(Cl)ccc1Cl)S(=O)(=O)c1ccccc1. The minimum atomic E-state index is -4.02. The second kappa shape index (κ2) is 8.95. The molecule has 0 aliphatic carbocycles. The Balaban J connectivity index is 2.46. The van der Waals surface area contributed by atoms with Crippen LogP contribution in [0.2, 0.25) is 10.0 Å². The zero-order valence-corrected chi connectivity index (χ0v) is 17.6. The van der Waals surface area contributed by atoms with Gasteiger partial charge in [0.25, 0.3) is 10.0 Å². The highest BCUT2D eigenvalue weighted by Crippen LogP contribution is 2.32. The number of carbonyl (C=O) groups is 1. The Morgan fingerprint density at radius 1 is 1.07 bits per heavy atom. The van der Waals surface area contributed by atoms with Gasteiger partial charge < -0.3 is 5.32 Å². The van der Waals surface area contributed by atoms with Gasteiger partial charge in [-0.15, -0.1) is 0 Å². The Hall–Kier alpha value is -1.76. The molecule has 27 heavy (non-hydrogen) atoms. The number of benzene rings is 2. The van der Waals surface area contributed by atoms with Crippen molar-refractivity contribution in [1.82, 2.24) is 5.32 Å². The maximum Gasteiger partial charge on any atom is 0.264 e. The molecule has 0 aliphatic heterocycles. The number of hydrogen-bond acceptors (Lipinski definition) is 3. The first kappa shape index (κ1) is 21.5. The average molecular weight is 429 g/mol. The summed E-state index contributed by atoms with van der Waals surface area (Å²) in [6.45, 7) is 5.40. The Morgan fingerprint density at radius 2 is 1.70 bits per heavy atom. The van der Waals surface area contributed by atoms with Crippen molar-refractivity contribution >= 4 is 44.8 Å². The van der Waals surface area contributed by atoms with E-state index in [-0.39, 0.29) is 27.6 Å². The molecule has 0 saturated carbocycles. The largest absolute Gasteiger partial charge is 0.352 e. The highest BCUT2D eigenvalue weighted by Gasteiger charge is 2.29. The number of sulfonamides is 1. The number of hydrogen-bond donors (Lipinski definition) is 1. The Morgan fingerprint density at radius 3 is 2.30 bits per heavy atom. The molecule has 2 rings (SSSR count). The molecule has 1 atom stereocenters. The molecule has 0 bridgehead atoms. The summed E-state index contributed by atoms with van der Waals surface area (Å²) in [6, 6.07) is 12.3. The first-order valence-electron chi connectivity index (χ1n) is 8.45. The van der Waals surface area contributed by atoms with Crippen LogP contribution >= 0.6 is 23.2 Å². The van der Waals surface area contributed by atoms with Crippen molar-refractivity contribution in [2.75, 3.05) is 10.8 Å². The summed E-state index contributed by atoms with van der Waals surface area (Å²) in [5.41, 5.74) is 0.153. The minimum Gasteiger partial charge on any atom is -0.352 e. The molecular weight excluding hydrogens is 407 g/mol. The van der Waals surface area contributed by atoms with Crippen molar-refractivity contribution in [3.63, 3.8) is 0 Å². The fourth-order valence-corrected chi connectivity index (χ4v) is 4.18. The maximum absolute atomic E-state index is 13.2. The fourth-order valence-electron chi connectivity index (χ4n) is 2.29. The third-order valence-electron chi connectivity index (χ3n) is 4.18. The molecule has 0 fully saturated rings. The summed E-state index contributed by atoms with van der Waals surface area (Å²) in [5, 5.41) is 3.32. The van der Waals surface area contributed by atoms with Gasteiger partial charge in [-0.2, -0.15) is 0 Å². The standard InChI is InChI=1S/C19H22Cl2N2O3S/c1-13(2)14(3)22-19(24)12-23(18-11-15(20)9-10-17(18)21)27(25,26)16-7-5-4-6-8-16/h4-11,13-14H,12H2,1-3H3,(H,22,24). The van der Waals surface area contributed by atoms with Crippen LogP contribution in [0.3, 0.4) is 0 Å². The van der Waals surface area contributed by atoms with Gasteiger partial charge in [0.1, 0.15) is 6.54 Å². The van der Waals surface area contributed by atoms with E-state index in [0.29, 0.717) is 5.02 Å². The van der Waals surface area contributed by atoms with Gasteiger partial charge in [0.05, 0.1) is 15.6 Å². The van der Waals surface area contributed by atoms with Gasteiger partial charge in [-0.1, -0.05) is 55.2 Å². The smallest absolute Gasteiger partial charge is 0.264 e. The maximum atomic E-state index is 13.2. The molecule has 2 aromatic rings. The average Bonchev–Trinajstić information content (AvgIpc) is 2.62. The zero-order chi connectivity index (χ0) is 20.2. The lowest BCUT2D eigenvalue weighted by atomic mass is 10.1. The topological polar surface area (TPSA) is 66.5 Å². The van der Waals surface area contributed by atoms with Crippen molar-refractivity contribution < 1.29 is 13.2 Å². The van der Waals surface area contributed by atoms with Gasteiger partial charge in [-0.05, 0) is 43.2 Å². The van der Waals surface area contributed by atoms with Gasteiger partial charge in [0, 0.05) is 11.1 Å². The van der Waals surface area contributed by atoms with Crippen LogP contribution in [0.1, 0.15) is 20.8 Å². The number of amides is 1. The minimum absolute atomic E-state index is 0.0609. The van der Waals surface area contributed by atoms with Crippen LogP contribution in [0.25, 0.3) is 0 Å². The van der Waals surface area contributed by atoms with E-state index in [1.165, 1.54) is 24.3 Å². The zero-order valence-electron chi connectivity index (χ0n) is 15.3. The molecular formula is C19H22Cl2N2O3S. The number of nitrogens with one attached hydrogen (secondary N) is 1. The first-order chi connectivity index (χ1) is 12.6. The van der Waals surface area contributed by atoms with E-state index in [2.05, 4.69) is 5.32 Å². The summed E-state index contributed by atoms with van der Waals surface area (Å²) < 4.78 is 27.4. The van der Waals surface area contributed by atoms with E-state index in [0.717, 1.165) is 4.31 Å². The molecule has 5 nitrogen and oxygen atoms in total. The fraction of sp³-hybridized carbons (Fsp3) is 0.316. The second-order valence-corrected chi connectivity index (χ2v) is 9.23. The lowest BCUT2D eigenvalue weighted by Crippen LogP contribution is -2.45. The Labute approximate surface area is 170 Å². The van der Waals surface area contributed by atoms with Crippen LogP contribution in [0, 0.1) is 5.92 Å². The van der Waals surface area contributed by atoms with Crippen LogP contribution in [0.5, 0.6) is 0 Å². The van der Waals surface area contributed by atoms with Crippen LogP contribution in [0.4, 0.5) is 5.69 Å². The van der Waals surface area contributed by atoms with Crippen molar-refractivity contribution in [2.45, 2.75) is 31.7 Å². The molecule has 0 aromatic heterocycles. The van der Waals surface area contributed by atoms with Gasteiger partial charge in [-0.25, -0.2) is 8.42 Å². The highest BCUT2D eigenvalue weighted by molar-refractivity contribution is 7.92. The van der Waals surface area contributed by atoms with Crippen molar-refractivity contribution in [1.29, 1.82) is 0 Å². The van der Waals surface area contributed by atoms with E-state index in [4.69, 9.17) is 23.2 Å². The van der Waals surface area contributed by atoms with Crippen molar-refractivity contribution in [3.8, 4) is 0 Å². The van der Waals surface area contributed by atoms with Crippen molar-refractivity contribution in [3.05, 3.63) is 58.6 Å². The van der Waals surface area contributed by atoms with Crippen LogP contribution < -0.4 is 9.62 Å². The van der Waals surface area contributed by atoms with Gasteiger partial charge in [0.2, 0.25) is 5.91 Å². The third-order valence-corrected chi connectivity index (χ3v) is 6.51. The third kappa shape index (κ3) is 5.37. The molecule has 2 aromatic carbocycles. The van der Waals surface area contributed by atoms with Gasteiger partial charge >= 0.3 is 0 Å². The number of carbonyl (C=O) groups excluding carboxylic acids is 1. The lowest BCUT2D eigenvalue weighted by molar-refractivity contribution is -0.120. The highest BCUT2D eigenvalue weighted by atomic mass is 35.5. The summed E-state index contributed by atoms with van der Waals surface area (Å²) in [4.78, 5) is 12.6. The van der Waals surface area contributed by atoms with E-state index in [9.17, 15) is 13.2 Å². The number of nitrogens with zero attached hydrogens (tertiary/aromatic N) is 1. The van der Waals surface area contributed by atoms with Crippen LogP contribution in [0.15, 0.2) is 53.4 Å². The van der Waals surface area contributed by atoms with E-state index < -0.39 is 22.5 Å². The van der Waals surface area contributed by atoms with E-state index >= 15 is 0 Å². The quantitative estimate of drug-likeness (QED) is 0.712. The summed E-state index contributed by atoms with van der Waals surface area (Å²) in [5.74, 6) is -0.213. The Kier molecular flexibility index (Phi) is 7.14. The van der Waals surface area contributed by atoms with Crippen molar-refractivity contribution in [2.24, 2.45) is 5.92 Å². The predicted molar refractivity (Wildman–Crippen MR) is 110 cm³/mol. The van der Waals surface area contributed by atoms with Gasteiger partial charge in [0.15, 0.2) is 0 Å². The molecule has 0 spiro atoms. The molecule has 1 unspecified atom stereocenters. The molecule has 146 valence electrons. The second-order valence-electron chi connectivity index (χ2n) is 6.52. The van der Waals surface area contributed by atoms with Gasteiger partial charge in [-0.3, -0.25) is 9.10 Å². The molecule has 0 aliphatic rings. The molecule has 8 heteroatoms. The molecule has 0 radical (unpaired) electrons. The number of anilines is 1. The summed E-state index contributed by atoms with van der Waals surface area (Å²) in [6.07, 6.45) is 0. The first-order valence-corrected chi connectivity index (χ1v) is 10.6. The van der Waals surface area contributed by atoms with E-state index in [1.54, 1.807) is 24.3 Å². The number of rotatable bonds is 7. The predicted octanol–water partition coefficient (Wildman–Crippen LogP) is 4.35. The molecule has 1 N–H and O–H groups in total. The summed E-state index contributed by atoms with van der Waals surface area (Å²) >= 11 is 12.3. The number of halogens is 2.